The van der Waals surface area contributed by atoms with Crippen molar-refractivity contribution in [3.63, 3.8) is 0 Å². The van der Waals surface area contributed by atoms with Crippen molar-refractivity contribution in [2.24, 2.45) is 0 Å². The molecular weight excluding hydrogens is 366 g/mol. The Labute approximate surface area is 170 Å². The summed E-state index contributed by atoms with van der Waals surface area (Å²) < 4.78 is 7.27. The molecule has 0 spiro atoms. The highest BCUT2D eigenvalue weighted by Gasteiger charge is 2.23. The van der Waals surface area contributed by atoms with Crippen molar-refractivity contribution >= 4 is 16.9 Å². The molecule has 152 valence electrons. The van der Waals surface area contributed by atoms with Gasteiger partial charge in [-0.3, -0.25) is 4.79 Å². The molecule has 0 bridgehead atoms. The van der Waals surface area contributed by atoms with Crippen LogP contribution in [0, 0.1) is 0 Å². The maximum Gasteiger partial charge on any atom is 0.220 e. The summed E-state index contributed by atoms with van der Waals surface area (Å²) in [5.41, 5.74) is 3.04. The van der Waals surface area contributed by atoms with Gasteiger partial charge in [0.25, 0.3) is 0 Å². The van der Waals surface area contributed by atoms with Gasteiger partial charge >= 0.3 is 0 Å². The second-order valence-corrected chi connectivity index (χ2v) is 7.33. The van der Waals surface area contributed by atoms with E-state index in [0.717, 1.165) is 47.6 Å². The Morgan fingerprint density at radius 2 is 2.21 bits per heavy atom. The minimum atomic E-state index is 0.0283. The molecule has 1 atom stereocenters. The fourth-order valence-electron chi connectivity index (χ4n) is 3.93. The molecule has 29 heavy (non-hydrogen) atoms. The molecule has 1 amide bonds. The Balaban J connectivity index is 1.34. The molecule has 2 aromatic heterocycles. The van der Waals surface area contributed by atoms with Crippen molar-refractivity contribution in [1.29, 1.82) is 0 Å². The van der Waals surface area contributed by atoms with E-state index in [9.17, 15) is 4.79 Å². The number of aryl methyl sites for hydroxylation is 1. The van der Waals surface area contributed by atoms with Gasteiger partial charge in [-0.05, 0) is 43.1 Å². The molecule has 4 rings (SSSR count). The van der Waals surface area contributed by atoms with Crippen molar-refractivity contribution in [3.8, 4) is 5.75 Å². The van der Waals surface area contributed by atoms with Crippen LogP contribution >= 0.6 is 0 Å². The number of hydrogen-bond donors (Lipinski definition) is 2. The first-order valence-corrected chi connectivity index (χ1v) is 10.2. The Hall–Kier alpha value is -2.93. The predicted molar refractivity (Wildman–Crippen MR) is 112 cm³/mol. The summed E-state index contributed by atoms with van der Waals surface area (Å²) in [6.45, 7) is 3.12. The monoisotopic (exact) mass is 393 g/mol. The van der Waals surface area contributed by atoms with E-state index < -0.39 is 0 Å². The second kappa shape index (κ2) is 9.05. The van der Waals surface area contributed by atoms with E-state index in [4.69, 9.17) is 9.84 Å². The molecule has 0 radical (unpaired) electrons. The first-order chi connectivity index (χ1) is 14.3. The van der Waals surface area contributed by atoms with Gasteiger partial charge in [0, 0.05) is 37.0 Å². The van der Waals surface area contributed by atoms with Crippen molar-refractivity contribution in [2.75, 3.05) is 26.7 Å². The average Bonchev–Trinajstić information content (AvgIpc) is 3.41. The quantitative estimate of drug-likeness (QED) is 0.614. The van der Waals surface area contributed by atoms with Crippen LogP contribution in [0.25, 0.3) is 11.0 Å². The topological polar surface area (TPSA) is 81.1 Å². The van der Waals surface area contributed by atoms with Gasteiger partial charge in [-0.1, -0.05) is 18.2 Å². The van der Waals surface area contributed by atoms with E-state index in [1.165, 1.54) is 0 Å². The van der Waals surface area contributed by atoms with E-state index in [-0.39, 0.29) is 5.91 Å². The second-order valence-electron chi connectivity index (χ2n) is 7.33. The highest BCUT2D eigenvalue weighted by Crippen LogP contribution is 2.27. The van der Waals surface area contributed by atoms with Gasteiger partial charge in [-0.2, -0.15) is 5.10 Å². The zero-order valence-corrected chi connectivity index (χ0v) is 16.7. The molecule has 1 aliphatic rings. The van der Waals surface area contributed by atoms with Crippen LogP contribution in [0.5, 0.6) is 5.75 Å². The number of benzene rings is 1. The minimum Gasteiger partial charge on any atom is -0.496 e. The first kappa shape index (κ1) is 19.4. The highest BCUT2D eigenvalue weighted by molar-refractivity contribution is 5.79. The van der Waals surface area contributed by atoms with Gasteiger partial charge in [-0.25, -0.2) is 9.67 Å². The van der Waals surface area contributed by atoms with Gasteiger partial charge in [0.15, 0.2) is 5.65 Å². The van der Waals surface area contributed by atoms with Crippen LogP contribution < -0.4 is 15.4 Å². The smallest absolute Gasteiger partial charge is 0.220 e. The number of fused-ring (bicyclic) bond motifs is 1. The van der Waals surface area contributed by atoms with Crippen molar-refractivity contribution < 1.29 is 9.53 Å². The largest absolute Gasteiger partial charge is 0.496 e. The number of carbonyl (C=O) groups excluding carboxylic acids is 1. The Kier molecular flexibility index (Phi) is 6.05. The van der Waals surface area contributed by atoms with Crippen LogP contribution in [-0.2, 0) is 17.8 Å². The third kappa shape index (κ3) is 4.40. The molecule has 0 unspecified atom stereocenters. The standard InChI is InChI=1S/C22H27N5O2/c1-29-19-7-3-2-5-16(19)8-9-20(28)24-13-14-27-22-18(6-4-11-25-22)21(26-27)17-10-12-23-15-17/h2-7,11,17,23H,8-10,12-15H2,1H3,(H,24,28)/t17-/m0/s1. The lowest BCUT2D eigenvalue weighted by atomic mass is 10.0. The third-order valence-corrected chi connectivity index (χ3v) is 5.44. The molecule has 1 aliphatic heterocycles. The molecule has 1 saturated heterocycles. The summed E-state index contributed by atoms with van der Waals surface area (Å²) >= 11 is 0. The first-order valence-electron chi connectivity index (χ1n) is 10.2. The zero-order valence-electron chi connectivity index (χ0n) is 16.7. The molecule has 3 aromatic rings. The molecule has 7 heteroatoms. The normalized spacial score (nSPS) is 16.2. The van der Waals surface area contributed by atoms with Gasteiger partial charge in [0.2, 0.25) is 5.91 Å². The summed E-state index contributed by atoms with van der Waals surface area (Å²) in [5, 5.41) is 12.3. The fraction of sp³-hybridized carbons (Fsp3) is 0.409. The zero-order chi connectivity index (χ0) is 20.1. The van der Waals surface area contributed by atoms with Gasteiger partial charge in [0.1, 0.15) is 5.75 Å². The number of methoxy groups -OCH3 is 1. The molecule has 3 heterocycles. The summed E-state index contributed by atoms with van der Waals surface area (Å²) in [7, 11) is 1.65. The van der Waals surface area contributed by atoms with Crippen LogP contribution in [0.4, 0.5) is 0 Å². The van der Waals surface area contributed by atoms with Crippen LogP contribution in [0.3, 0.4) is 0 Å². The number of aromatic nitrogens is 3. The SMILES string of the molecule is COc1ccccc1CCC(=O)NCCn1nc([C@H]2CCNC2)c2cccnc21. The molecule has 7 nitrogen and oxygen atoms in total. The number of para-hydroxylation sites is 1. The van der Waals surface area contributed by atoms with E-state index in [1.807, 2.05) is 35.0 Å². The van der Waals surface area contributed by atoms with E-state index in [2.05, 4.69) is 21.7 Å². The average molecular weight is 393 g/mol. The third-order valence-electron chi connectivity index (χ3n) is 5.44. The number of rotatable bonds is 8. The molecule has 1 fully saturated rings. The van der Waals surface area contributed by atoms with E-state index >= 15 is 0 Å². The maximum absolute atomic E-state index is 12.3. The summed E-state index contributed by atoms with van der Waals surface area (Å²) in [6.07, 6.45) is 3.97. The predicted octanol–water partition coefficient (Wildman–Crippen LogP) is 2.27. The highest BCUT2D eigenvalue weighted by atomic mass is 16.5. The molecule has 0 saturated carbocycles. The van der Waals surface area contributed by atoms with Crippen LogP contribution in [-0.4, -0.2) is 47.4 Å². The lowest BCUT2D eigenvalue weighted by molar-refractivity contribution is -0.121. The van der Waals surface area contributed by atoms with E-state index in [1.54, 1.807) is 13.3 Å². The summed E-state index contributed by atoms with van der Waals surface area (Å²) in [6, 6.07) is 11.8. The minimum absolute atomic E-state index is 0.0283. The Bertz CT molecular complexity index is 978. The van der Waals surface area contributed by atoms with Gasteiger partial charge in [0.05, 0.1) is 19.3 Å². The van der Waals surface area contributed by atoms with Gasteiger partial charge < -0.3 is 15.4 Å². The Morgan fingerprint density at radius 1 is 1.31 bits per heavy atom. The number of hydrogen-bond acceptors (Lipinski definition) is 5. The van der Waals surface area contributed by atoms with Crippen molar-refractivity contribution in [2.45, 2.75) is 31.7 Å². The fourth-order valence-corrected chi connectivity index (χ4v) is 3.93. The summed E-state index contributed by atoms with van der Waals surface area (Å²) in [5.74, 6) is 1.28. The van der Waals surface area contributed by atoms with Crippen LogP contribution in [0.1, 0.15) is 30.0 Å². The van der Waals surface area contributed by atoms with Crippen LogP contribution in [0.2, 0.25) is 0 Å². The molecule has 1 aromatic carbocycles. The van der Waals surface area contributed by atoms with Crippen molar-refractivity contribution in [1.82, 2.24) is 25.4 Å². The molecular formula is C22H27N5O2. The van der Waals surface area contributed by atoms with Crippen LogP contribution in [0.15, 0.2) is 42.6 Å². The number of amides is 1. The summed E-state index contributed by atoms with van der Waals surface area (Å²) in [4.78, 5) is 16.8. The lowest BCUT2D eigenvalue weighted by Gasteiger charge is -2.09. The maximum atomic E-state index is 12.3. The van der Waals surface area contributed by atoms with Gasteiger partial charge in [-0.15, -0.1) is 0 Å². The number of ether oxygens (including phenoxy) is 1. The number of nitrogens with zero attached hydrogens (tertiary/aromatic N) is 3. The number of pyridine rings is 1. The number of carbonyl (C=O) groups is 1. The Morgan fingerprint density at radius 3 is 3.03 bits per heavy atom. The molecule has 2 N–H and O–H groups in total. The number of nitrogens with one attached hydrogen (secondary N) is 2. The lowest BCUT2D eigenvalue weighted by Crippen LogP contribution is -2.27. The van der Waals surface area contributed by atoms with E-state index in [0.29, 0.717) is 31.8 Å². The van der Waals surface area contributed by atoms with Crippen molar-refractivity contribution in [3.05, 3.63) is 53.9 Å². The molecule has 0 aliphatic carbocycles.